The fraction of sp³-hybridized carbons (Fsp3) is 0.273. The highest BCUT2D eigenvalue weighted by Crippen LogP contribution is 2.24. The lowest BCUT2D eigenvalue weighted by Gasteiger charge is -2.01. The molecular formula is C11H10Br2N2OS. The van der Waals surface area contributed by atoms with Gasteiger partial charge in [0.25, 0.3) is 0 Å². The molecule has 0 saturated heterocycles. The predicted octanol–water partition coefficient (Wildman–Crippen LogP) is 3.97. The summed E-state index contributed by atoms with van der Waals surface area (Å²) in [5.74, 6) is 0.0822. The van der Waals surface area contributed by atoms with Crippen molar-refractivity contribution in [1.29, 1.82) is 0 Å². The molecule has 0 saturated carbocycles. The van der Waals surface area contributed by atoms with E-state index in [1.165, 1.54) is 11.3 Å². The molecule has 0 aliphatic rings. The van der Waals surface area contributed by atoms with Crippen LogP contribution in [0.2, 0.25) is 0 Å². The molecule has 2 heterocycles. The molecule has 90 valence electrons. The number of rotatable bonds is 3. The normalized spacial score (nSPS) is 10.8. The standard InChI is InChI=1S/C11H10Br2N2OS/c1-6-11(13)7(2)15(14-6)5-8(16)9-3-4-10(12)17-9/h3-4H,5H2,1-2H3. The minimum absolute atomic E-state index is 0.0822. The molecule has 2 aromatic rings. The minimum atomic E-state index is 0.0822. The van der Waals surface area contributed by atoms with Crippen molar-refractivity contribution in [2.75, 3.05) is 0 Å². The molecule has 0 N–H and O–H groups in total. The molecule has 17 heavy (non-hydrogen) atoms. The lowest BCUT2D eigenvalue weighted by Crippen LogP contribution is -2.11. The minimum Gasteiger partial charge on any atom is -0.291 e. The van der Waals surface area contributed by atoms with E-state index in [1.54, 1.807) is 4.68 Å². The molecule has 0 aliphatic carbocycles. The van der Waals surface area contributed by atoms with Crippen molar-refractivity contribution < 1.29 is 4.79 Å². The molecule has 0 atom stereocenters. The number of hydrogen-bond donors (Lipinski definition) is 0. The Kier molecular flexibility index (Phi) is 3.85. The maximum atomic E-state index is 12.0. The van der Waals surface area contributed by atoms with Gasteiger partial charge in [-0.25, -0.2) is 0 Å². The Morgan fingerprint density at radius 2 is 2.12 bits per heavy atom. The predicted molar refractivity (Wildman–Crippen MR) is 75.8 cm³/mol. The fourth-order valence-corrected chi connectivity index (χ4v) is 3.11. The molecule has 0 aromatic carbocycles. The molecule has 0 fully saturated rings. The van der Waals surface area contributed by atoms with Crippen LogP contribution in [-0.2, 0) is 6.54 Å². The Morgan fingerprint density at radius 3 is 2.59 bits per heavy atom. The van der Waals surface area contributed by atoms with Crippen LogP contribution in [0.4, 0.5) is 0 Å². The van der Waals surface area contributed by atoms with Crippen molar-refractivity contribution in [2.45, 2.75) is 20.4 Å². The molecule has 0 aliphatic heterocycles. The summed E-state index contributed by atoms with van der Waals surface area (Å²) in [4.78, 5) is 12.8. The third kappa shape index (κ3) is 2.69. The highest BCUT2D eigenvalue weighted by molar-refractivity contribution is 9.11. The number of carbonyl (C=O) groups excluding carboxylic acids is 1. The van der Waals surface area contributed by atoms with Gasteiger partial charge in [-0.3, -0.25) is 9.48 Å². The molecule has 0 radical (unpaired) electrons. The number of carbonyl (C=O) groups is 1. The number of ketones is 1. The first-order valence-corrected chi connectivity index (χ1v) is 7.37. The van der Waals surface area contributed by atoms with Crippen LogP contribution < -0.4 is 0 Å². The summed E-state index contributed by atoms with van der Waals surface area (Å²) in [7, 11) is 0. The highest BCUT2D eigenvalue weighted by Gasteiger charge is 2.14. The molecule has 2 aromatic heterocycles. The number of hydrogen-bond acceptors (Lipinski definition) is 3. The number of thiophene rings is 1. The monoisotopic (exact) mass is 376 g/mol. The summed E-state index contributed by atoms with van der Waals surface area (Å²) in [6, 6.07) is 3.72. The van der Waals surface area contributed by atoms with E-state index < -0.39 is 0 Å². The molecule has 2 rings (SSSR count). The Balaban J connectivity index is 2.21. The van der Waals surface area contributed by atoms with Gasteiger partial charge in [0.15, 0.2) is 5.78 Å². The van der Waals surface area contributed by atoms with Gasteiger partial charge in [-0.1, -0.05) is 0 Å². The lowest BCUT2D eigenvalue weighted by atomic mass is 10.3. The summed E-state index contributed by atoms with van der Waals surface area (Å²) in [5.41, 5.74) is 1.88. The Labute approximate surface area is 120 Å². The zero-order valence-electron chi connectivity index (χ0n) is 9.33. The van der Waals surface area contributed by atoms with Crippen LogP contribution in [0.5, 0.6) is 0 Å². The van der Waals surface area contributed by atoms with E-state index >= 15 is 0 Å². The van der Waals surface area contributed by atoms with Gasteiger partial charge in [0.05, 0.1) is 24.5 Å². The number of aryl methyl sites for hydroxylation is 1. The van der Waals surface area contributed by atoms with E-state index in [0.29, 0.717) is 0 Å². The van der Waals surface area contributed by atoms with Gasteiger partial charge in [0.2, 0.25) is 0 Å². The van der Waals surface area contributed by atoms with Gasteiger partial charge in [0.1, 0.15) is 6.54 Å². The molecule has 3 nitrogen and oxygen atoms in total. The summed E-state index contributed by atoms with van der Waals surface area (Å²) in [6.07, 6.45) is 0. The third-order valence-corrected chi connectivity index (χ3v) is 5.25. The maximum absolute atomic E-state index is 12.0. The summed E-state index contributed by atoms with van der Waals surface area (Å²) >= 11 is 8.25. The largest absolute Gasteiger partial charge is 0.291 e. The van der Waals surface area contributed by atoms with Crippen LogP contribution in [0.3, 0.4) is 0 Å². The fourth-order valence-electron chi connectivity index (χ4n) is 1.51. The smallest absolute Gasteiger partial charge is 0.194 e. The van der Waals surface area contributed by atoms with Crippen molar-refractivity contribution in [1.82, 2.24) is 9.78 Å². The van der Waals surface area contributed by atoms with Crippen LogP contribution in [-0.4, -0.2) is 15.6 Å². The first kappa shape index (κ1) is 13.0. The van der Waals surface area contributed by atoms with E-state index in [-0.39, 0.29) is 12.3 Å². The molecule has 0 spiro atoms. The van der Waals surface area contributed by atoms with Gasteiger partial charge in [-0.15, -0.1) is 11.3 Å². The van der Waals surface area contributed by atoms with Crippen molar-refractivity contribution >= 4 is 49.0 Å². The molecule has 0 bridgehead atoms. The molecule has 6 heteroatoms. The summed E-state index contributed by atoms with van der Waals surface area (Å²) in [5, 5.41) is 4.32. The van der Waals surface area contributed by atoms with Crippen LogP contribution in [0.25, 0.3) is 0 Å². The lowest BCUT2D eigenvalue weighted by molar-refractivity contribution is 0.0970. The first-order valence-electron chi connectivity index (χ1n) is 4.97. The van der Waals surface area contributed by atoms with Crippen molar-refractivity contribution in [3.05, 3.63) is 36.7 Å². The van der Waals surface area contributed by atoms with E-state index in [0.717, 1.165) is 24.5 Å². The van der Waals surface area contributed by atoms with Gasteiger partial charge in [-0.05, 0) is 57.8 Å². The van der Waals surface area contributed by atoms with Crippen molar-refractivity contribution in [3.63, 3.8) is 0 Å². The zero-order chi connectivity index (χ0) is 12.6. The van der Waals surface area contributed by atoms with E-state index in [4.69, 9.17) is 0 Å². The van der Waals surface area contributed by atoms with Crippen LogP contribution in [0.1, 0.15) is 21.1 Å². The maximum Gasteiger partial charge on any atom is 0.194 e. The van der Waals surface area contributed by atoms with Crippen LogP contribution in [0.15, 0.2) is 20.4 Å². The Morgan fingerprint density at radius 1 is 1.41 bits per heavy atom. The molecule has 0 unspecified atom stereocenters. The van der Waals surface area contributed by atoms with E-state index in [1.807, 2.05) is 26.0 Å². The second-order valence-electron chi connectivity index (χ2n) is 3.67. The SMILES string of the molecule is Cc1nn(CC(=O)c2ccc(Br)s2)c(C)c1Br. The van der Waals surface area contributed by atoms with Crippen molar-refractivity contribution in [3.8, 4) is 0 Å². The third-order valence-electron chi connectivity index (χ3n) is 2.43. The Bertz CT molecular complexity index is 574. The first-order chi connectivity index (χ1) is 7.99. The topological polar surface area (TPSA) is 34.9 Å². The van der Waals surface area contributed by atoms with Gasteiger partial charge in [0, 0.05) is 0 Å². The highest BCUT2D eigenvalue weighted by atomic mass is 79.9. The number of nitrogens with zero attached hydrogens (tertiary/aromatic N) is 2. The van der Waals surface area contributed by atoms with Gasteiger partial charge < -0.3 is 0 Å². The average molecular weight is 378 g/mol. The summed E-state index contributed by atoms with van der Waals surface area (Å²) in [6.45, 7) is 4.15. The second-order valence-corrected chi connectivity index (χ2v) is 6.93. The average Bonchev–Trinajstić information content (AvgIpc) is 2.80. The van der Waals surface area contributed by atoms with Gasteiger partial charge >= 0.3 is 0 Å². The van der Waals surface area contributed by atoms with Crippen LogP contribution in [0, 0.1) is 13.8 Å². The quantitative estimate of drug-likeness (QED) is 0.758. The van der Waals surface area contributed by atoms with E-state index in [2.05, 4.69) is 37.0 Å². The Hall–Kier alpha value is -0.460. The van der Waals surface area contributed by atoms with E-state index in [9.17, 15) is 4.79 Å². The second kappa shape index (κ2) is 5.04. The number of halogens is 2. The van der Waals surface area contributed by atoms with Crippen LogP contribution >= 0.6 is 43.2 Å². The molecular weight excluding hydrogens is 368 g/mol. The summed E-state index contributed by atoms with van der Waals surface area (Å²) < 4.78 is 3.67. The van der Waals surface area contributed by atoms with Gasteiger partial charge in [-0.2, -0.15) is 5.10 Å². The zero-order valence-corrected chi connectivity index (χ0v) is 13.3. The number of aromatic nitrogens is 2. The number of Topliss-reactive ketones (excluding diaryl/α,β-unsaturated/α-hetero) is 1. The molecule has 0 amide bonds. The van der Waals surface area contributed by atoms with Crippen molar-refractivity contribution in [2.24, 2.45) is 0 Å².